The number of benzene rings is 2. The number of hydrogen-bond donors (Lipinski definition) is 1. The van der Waals surface area contributed by atoms with Crippen molar-refractivity contribution < 1.29 is 8.42 Å². The fourth-order valence-electron chi connectivity index (χ4n) is 1.63. The molecule has 3 nitrogen and oxygen atoms in total. The van der Waals surface area contributed by atoms with E-state index in [1.807, 2.05) is 36.4 Å². The van der Waals surface area contributed by atoms with Gasteiger partial charge in [0.2, 0.25) is 10.0 Å². The van der Waals surface area contributed by atoms with Crippen LogP contribution in [0.4, 0.5) is 0 Å². The Labute approximate surface area is 135 Å². The van der Waals surface area contributed by atoms with Crippen molar-refractivity contribution in [2.45, 2.75) is 0 Å². The van der Waals surface area contributed by atoms with Crippen LogP contribution in [0, 0.1) is 11.8 Å². The molecule has 2 aromatic rings. The van der Waals surface area contributed by atoms with Gasteiger partial charge < -0.3 is 0 Å². The second kappa shape index (κ2) is 7.81. The molecule has 0 aromatic heterocycles. The van der Waals surface area contributed by atoms with Crippen molar-refractivity contribution in [1.29, 1.82) is 0 Å². The van der Waals surface area contributed by atoms with Crippen molar-refractivity contribution in [3.8, 4) is 11.8 Å². The fourth-order valence-corrected chi connectivity index (χ4v) is 2.53. The number of nitrogens with one attached hydrogen (secondary N) is 1. The van der Waals surface area contributed by atoms with Gasteiger partial charge >= 0.3 is 0 Å². The topological polar surface area (TPSA) is 46.2 Å². The van der Waals surface area contributed by atoms with Crippen LogP contribution < -0.4 is 4.72 Å². The molecule has 0 aliphatic rings. The molecule has 0 aliphatic heterocycles. The average molecular weight is 332 g/mol. The Balaban J connectivity index is 1.92. The lowest BCUT2D eigenvalue weighted by atomic mass is 10.2. The Morgan fingerprint density at radius 3 is 2.59 bits per heavy atom. The first-order valence-electron chi connectivity index (χ1n) is 6.52. The largest absolute Gasteiger partial charge is 0.234 e. The van der Waals surface area contributed by atoms with Gasteiger partial charge in [-0.15, -0.1) is 0 Å². The van der Waals surface area contributed by atoms with Crippen molar-refractivity contribution in [3.05, 3.63) is 76.2 Å². The highest BCUT2D eigenvalue weighted by Gasteiger charge is 2.02. The number of rotatable bonds is 4. The minimum absolute atomic E-state index is 0.0357. The molecule has 2 aromatic carbocycles. The van der Waals surface area contributed by atoms with Crippen LogP contribution in [0.5, 0.6) is 0 Å². The second-order valence-corrected chi connectivity index (χ2v) is 6.48. The van der Waals surface area contributed by atoms with Gasteiger partial charge in [-0.1, -0.05) is 59.8 Å². The Hall–Kier alpha value is -2.06. The molecule has 0 atom stereocenters. The molecule has 0 heterocycles. The molecule has 5 heteroatoms. The Bertz CT molecular complexity index is 818. The van der Waals surface area contributed by atoms with Crippen molar-refractivity contribution in [1.82, 2.24) is 4.72 Å². The third-order valence-corrected chi connectivity index (χ3v) is 3.93. The number of halogens is 1. The van der Waals surface area contributed by atoms with Crippen LogP contribution in [0.2, 0.25) is 5.02 Å². The van der Waals surface area contributed by atoms with Gasteiger partial charge in [0.25, 0.3) is 0 Å². The van der Waals surface area contributed by atoms with Crippen molar-refractivity contribution in [3.63, 3.8) is 0 Å². The van der Waals surface area contributed by atoms with Crippen molar-refractivity contribution in [2.24, 2.45) is 0 Å². The van der Waals surface area contributed by atoms with E-state index in [1.54, 1.807) is 18.2 Å². The smallest absolute Gasteiger partial charge is 0.208 e. The summed E-state index contributed by atoms with van der Waals surface area (Å²) in [6, 6.07) is 16.3. The highest BCUT2D eigenvalue weighted by Crippen LogP contribution is 2.09. The minimum Gasteiger partial charge on any atom is -0.208 e. The molecule has 0 radical (unpaired) electrons. The molecule has 0 unspecified atom stereocenters. The quantitative estimate of drug-likeness (QED) is 0.874. The SMILES string of the molecule is O=S(=O)(/C=C/c1ccccc1)NCC#Cc1cccc(Cl)c1. The maximum atomic E-state index is 11.8. The summed E-state index contributed by atoms with van der Waals surface area (Å²) in [5.74, 6) is 5.60. The average Bonchev–Trinajstić information content (AvgIpc) is 2.51. The molecule has 22 heavy (non-hydrogen) atoms. The van der Waals surface area contributed by atoms with Gasteiger partial charge in [-0.2, -0.15) is 4.72 Å². The molecule has 0 fully saturated rings. The summed E-state index contributed by atoms with van der Waals surface area (Å²) in [6.45, 7) is 0.0357. The molecule has 0 saturated carbocycles. The normalized spacial score (nSPS) is 11.1. The van der Waals surface area contributed by atoms with Gasteiger partial charge in [0.1, 0.15) is 0 Å². The van der Waals surface area contributed by atoms with E-state index in [2.05, 4.69) is 16.6 Å². The predicted octanol–water partition coefficient (Wildman–Crippen LogP) is 3.28. The zero-order chi connectivity index (χ0) is 15.8. The van der Waals surface area contributed by atoms with Crippen LogP contribution in [-0.4, -0.2) is 15.0 Å². The van der Waals surface area contributed by atoms with Crippen LogP contribution in [0.1, 0.15) is 11.1 Å². The molecule has 1 N–H and O–H groups in total. The Kier molecular flexibility index (Phi) is 5.79. The molecule has 0 bridgehead atoms. The fraction of sp³-hybridized carbons (Fsp3) is 0.0588. The summed E-state index contributed by atoms with van der Waals surface area (Å²) in [5.41, 5.74) is 1.56. The van der Waals surface area contributed by atoms with Crippen LogP contribution in [-0.2, 0) is 10.0 Å². The summed E-state index contributed by atoms with van der Waals surface area (Å²) in [7, 11) is -3.50. The first kappa shape index (κ1) is 16.3. The predicted molar refractivity (Wildman–Crippen MR) is 90.7 cm³/mol. The van der Waals surface area contributed by atoms with Gasteiger partial charge in [0.05, 0.1) is 6.54 Å². The van der Waals surface area contributed by atoms with E-state index in [9.17, 15) is 8.42 Å². The third-order valence-electron chi connectivity index (χ3n) is 2.66. The van der Waals surface area contributed by atoms with E-state index in [-0.39, 0.29) is 6.54 Å². The monoisotopic (exact) mass is 331 g/mol. The summed E-state index contributed by atoms with van der Waals surface area (Å²) >= 11 is 5.84. The maximum absolute atomic E-state index is 11.8. The van der Waals surface area contributed by atoms with Crippen molar-refractivity contribution in [2.75, 3.05) is 6.54 Å². The maximum Gasteiger partial charge on any atom is 0.234 e. The lowest BCUT2D eigenvalue weighted by Crippen LogP contribution is -2.21. The van der Waals surface area contributed by atoms with Gasteiger partial charge in [-0.05, 0) is 29.8 Å². The lowest BCUT2D eigenvalue weighted by Gasteiger charge is -1.97. The summed E-state index contributed by atoms with van der Waals surface area (Å²) in [6.07, 6.45) is 1.53. The van der Waals surface area contributed by atoms with Crippen LogP contribution in [0.15, 0.2) is 60.0 Å². The zero-order valence-corrected chi connectivity index (χ0v) is 13.2. The molecule has 0 amide bonds. The van der Waals surface area contributed by atoms with Gasteiger partial charge in [-0.3, -0.25) is 0 Å². The third kappa shape index (κ3) is 5.74. The number of hydrogen-bond acceptors (Lipinski definition) is 2. The molecule has 112 valence electrons. The van der Waals surface area contributed by atoms with Crippen LogP contribution >= 0.6 is 11.6 Å². The second-order valence-electron chi connectivity index (χ2n) is 4.39. The van der Waals surface area contributed by atoms with Crippen LogP contribution in [0.25, 0.3) is 6.08 Å². The Morgan fingerprint density at radius 1 is 1.09 bits per heavy atom. The van der Waals surface area contributed by atoms with E-state index in [4.69, 9.17) is 11.6 Å². The van der Waals surface area contributed by atoms with Crippen LogP contribution in [0.3, 0.4) is 0 Å². The highest BCUT2D eigenvalue weighted by molar-refractivity contribution is 7.92. The molecule has 2 rings (SSSR count). The van der Waals surface area contributed by atoms with Gasteiger partial charge in [0.15, 0.2) is 0 Å². The molecule has 0 aliphatic carbocycles. The summed E-state index contributed by atoms with van der Waals surface area (Å²) < 4.78 is 26.0. The van der Waals surface area contributed by atoms with Crippen molar-refractivity contribution >= 4 is 27.7 Å². The molecular formula is C17H14ClNO2S. The molecule has 0 spiro atoms. The highest BCUT2D eigenvalue weighted by atomic mass is 35.5. The van der Waals surface area contributed by atoms with E-state index < -0.39 is 10.0 Å². The summed E-state index contributed by atoms with van der Waals surface area (Å²) in [5, 5.41) is 1.72. The summed E-state index contributed by atoms with van der Waals surface area (Å²) in [4.78, 5) is 0. The molecular weight excluding hydrogens is 318 g/mol. The standard InChI is InChI=1S/C17H14ClNO2S/c18-17-10-4-8-16(14-17)9-5-12-19-22(20,21)13-11-15-6-2-1-3-7-15/h1-4,6-8,10-11,13-14,19H,12H2/b13-11+. The number of sulfonamides is 1. The minimum atomic E-state index is -3.50. The lowest BCUT2D eigenvalue weighted by molar-refractivity contribution is 0.595. The zero-order valence-electron chi connectivity index (χ0n) is 11.7. The van der Waals surface area contributed by atoms with Gasteiger partial charge in [0, 0.05) is 16.0 Å². The van der Waals surface area contributed by atoms with E-state index in [0.29, 0.717) is 5.02 Å². The van der Waals surface area contributed by atoms with Gasteiger partial charge in [-0.25, -0.2) is 8.42 Å². The van der Waals surface area contributed by atoms with E-state index in [1.165, 1.54) is 6.08 Å². The Morgan fingerprint density at radius 2 is 1.86 bits per heavy atom. The molecule has 0 saturated heterocycles. The van der Waals surface area contributed by atoms with E-state index in [0.717, 1.165) is 16.5 Å². The van der Waals surface area contributed by atoms with E-state index >= 15 is 0 Å². The first-order valence-corrected chi connectivity index (χ1v) is 8.45. The first-order chi connectivity index (χ1) is 10.6.